The molecule has 10 heteroatoms. The molecule has 2 aromatic heterocycles. The second-order valence-corrected chi connectivity index (χ2v) is 11.2. The first-order valence-electron chi connectivity index (χ1n) is 14.4. The molecule has 2 N–H and O–H groups in total. The van der Waals surface area contributed by atoms with E-state index in [9.17, 15) is 9.50 Å². The van der Waals surface area contributed by atoms with Gasteiger partial charge in [-0.25, -0.2) is 18.7 Å². The van der Waals surface area contributed by atoms with E-state index in [-0.39, 0.29) is 51.8 Å². The first-order valence-corrected chi connectivity index (χ1v) is 12.9. The molecule has 2 bridgehead atoms. The number of phenols is 1. The van der Waals surface area contributed by atoms with Crippen molar-refractivity contribution in [1.82, 2.24) is 25.5 Å². The Morgan fingerprint density at radius 3 is 2.68 bits per heavy atom. The van der Waals surface area contributed by atoms with E-state index in [1.54, 1.807) is 12.3 Å². The number of piperidine rings is 2. The number of fused-ring (bicyclic) bond motifs is 2. The van der Waals surface area contributed by atoms with Crippen LogP contribution in [-0.4, -0.2) is 61.6 Å². The maximum atomic E-state index is 16.0. The van der Waals surface area contributed by atoms with Crippen molar-refractivity contribution in [2.24, 2.45) is 0 Å². The predicted molar refractivity (Wildman–Crippen MR) is 139 cm³/mol. The number of alkyl halides is 1. The normalized spacial score (nSPS) is 30.2. The fourth-order valence-electron chi connectivity index (χ4n) is 6.33. The summed E-state index contributed by atoms with van der Waals surface area (Å²) in [4.78, 5) is 10.2. The highest BCUT2D eigenvalue weighted by molar-refractivity contribution is 5.73. The topological polar surface area (TPSA) is 96.3 Å². The molecule has 4 atom stereocenters. The molecule has 3 aliphatic rings. The molecule has 2 saturated heterocycles. The molecule has 1 saturated carbocycles. The van der Waals surface area contributed by atoms with Gasteiger partial charge in [-0.05, 0) is 70.1 Å². The minimum absolute atomic E-state index is 0.00507. The zero-order valence-corrected chi connectivity index (χ0v) is 21.3. The van der Waals surface area contributed by atoms with Crippen molar-refractivity contribution in [1.29, 1.82) is 0 Å². The fraction of sp³-hybridized carbons (Fsp3) is 0.500. The average molecular weight is 526 g/mol. The number of nitrogens with one attached hydrogen (secondary N) is 1. The van der Waals surface area contributed by atoms with Crippen LogP contribution < -0.4 is 15.0 Å². The quantitative estimate of drug-likeness (QED) is 0.473. The Kier molecular flexibility index (Phi) is 5.16. The van der Waals surface area contributed by atoms with Crippen LogP contribution in [0.4, 0.5) is 14.6 Å². The largest absolute Gasteiger partial charge is 0.507 e. The van der Waals surface area contributed by atoms with E-state index in [0.717, 1.165) is 44.4 Å². The molecule has 8 nitrogen and oxygen atoms in total. The molecular formula is C28H32F2N6O2. The van der Waals surface area contributed by atoms with Gasteiger partial charge in [0.1, 0.15) is 17.7 Å². The van der Waals surface area contributed by atoms with E-state index in [1.165, 1.54) is 12.1 Å². The molecule has 0 spiro atoms. The lowest BCUT2D eigenvalue weighted by Crippen LogP contribution is -2.73. The number of aromatic hydroxyl groups is 1. The van der Waals surface area contributed by atoms with Gasteiger partial charge in [-0.2, -0.15) is 0 Å². The Labute approximate surface area is 224 Å². The number of hydrogen-bond donors (Lipinski definition) is 2. The number of anilines is 1. The van der Waals surface area contributed by atoms with Crippen molar-refractivity contribution < 1.29 is 22.7 Å². The smallest absolute Gasteiger partial charge is 0.213 e. The maximum Gasteiger partial charge on any atom is 0.213 e. The molecule has 0 unspecified atom stereocenters. The Hall–Kier alpha value is -3.40. The average Bonchev–Trinajstić information content (AvgIpc) is 3.73. The summed E-state index contributed by atoms with van der Waals surface area (Å²) in [5, 5.41) is 23.1. The van der Waals surface area contributed by atoms with Crippen molar-refractivity contribution in [3.63, 3.8) is 0 Å². The molecular weight excluding hydrogens is 490 g/mol. The second kappa shape index (κ2) is 9.11. The van der Waals surface area contributed by atoms with Gasteiger partial charge in [-0.15, -0.1) is 10.2 Å². The minimum Gasteiger partial charge on any atom is -0.507 e. The Balaban J connectivity index is 1.26. The van der Waals surface area contributed by atoms with Crippen LogP contribution in [0, 0.1) is 5.82 Å². The third-order valence-electron chi connectivity index (χ3n) is 8.21. The lowest BCUT2D eigenvalue weighted by atomic mass is 9.68. The van der Waals surface area contributed by atoms with Crippen LogP contribution in [0.3, 0.4) is 0 Å². The number of benzene rings is 1. The first-order chi connectivity index (χ1) is 19.3. The van der Waals surface area contributed by atoms with Gasteiger partial charge >= 0.3 is 0 Å². The number of nitrogens with zero attached hydrogens (tertiary/aromatic N) is 5. The molecule has 2 aliphatic heterocycles. The number of rotatable bonds is 6. The van der Waals surface area contributed by atoms with Gasteiger partial charge in [0.05, 0.1) is 35.1 Å². The van der Waals surface area contributed by atoms with Crippen molar-refractivity contribution in [2.75, 3.05) is 11.9 Å². The summed E-state index contributed by atoms with van der Waals surface area (Å²) in [6, 6.07) is 5.39. The Morgan fingerprint density at radius 1 is 1.13 bits per heavy atom. The van der Waals surface area contributed by atoms with Crippen molar-refractivity contribution >= 4 is 5.82 Å². The number of halogens is 2. The molecule has 1 aliphatic carbocycles. The SMILES string of the molecule is [2H]C([2H])([2H])Oc1cc(-c2ccc(-c3ncc(N(C4CC4)[C@@H]4C[C@@]5(C)CCC[C@](C)(N5)[C@@H]4F)nn3)c(O)c2)c(F)cn1. The Morgan fingerprint density at radius 2 is 1.97 bits per heavy atom. The van der Waals surface area contributed by atoms with Crippen LogP contribution in [0.25, 0.3) is 22.5 Å². The molecule has 1 aromatic carbocycles. The first kappa shape index (κ1) is 21.5. The van der Waals surface area contributed by atoms with E-state index >= 15 is 4.39 Å². The van der Waals surface area contributed by atoms with Crippen LogP contribution >= 0.6 is 0 Å². The highest BCUT2D eigenvalue weighted by Gasteiger charge is 2.55. The number of pyridine rings is 1. The lowest BCUT2D eigenvalue weighted by molar-refractivity contribution is 0.000258. The molecule has 0 radical (unpaired) electrons. The summed E-state index contributed by atoms with van der Waals surface area (Å²) >= 11 is 0. The standard InChI is InChI=1S/C28H32F2N6O2/c1-27-9-4-10-28(2,35-27)25(30)21(13-27)36(17-6-7-17)23-15-32-26(34-33-23)18-8-5-16(11-22(18)37)19-12-24(38-3)31-14-20(19)29/h5,8,11-12,14-15,17,21,25,35,37H,4,6-7,9-10,13H2,1-3H3/t21-,25-,27-,28+/m1/s1/i3D3. The third kappa shape index (κ3) is 4.34. The number of ether oxygens (including phenoxy) is 1. The van der Waals surface area contributed by atoms with Crippen LogP contribution in [-0.2, 0) is 0 Å². The van der Waals surface area contributed by atoms with Gasteiger partial charge in [0.15, 0.2) is 11.6 Å². The highest BCUT2D eigenvalue weighted by atomic mass is 19.1. The Bertz CT molecular complexity index is 1460. The number of phenolic OH excluding ortho intramolecular Hbond substituents is 1. The monoisotopic (exact) mass is 525 g/mol. The molecule has 0 amide bonds. The molecule has 3 fully saturated rings. The number of methoxy groups -OCH3 is 1. The molecule has 3 aromatic rings. The molecule has 6 rings (SSSR count). The molecule has 4 heterocycles. The zero-order valence-electron chi connectivity index (χ0n) is 24.3. The fourth-order valence-corrected chi connectivity index (χ4v) is 6.33. The van der Waals surface area contributed by atoms with Crippen LogP contribution in [0.15, 0.2) is 36.7 Å². The van der Waals surface area contributed by atoms with Gasteiger partial charge in [0.25, 0.3) is 0 Å². The summed E-state index contributed by atoms with van der Waals surface area (Å²) in [7, 11) is -2.74. The van der Waals surface area contributed by atoms with Crippen molar-refractivity contribution in [2.45, 2.75) is 81.7 Å². The van der Waals surface area contributed by atoms with Crippen LogP contribution in [0.5, 0.6) is 11.6 Å². The van der Waals surface area contributed by atoms with Gasteiger partial charge < -0.3 is 20.1 Å². The van der Waals surface area contributed by atoms with E-state index in [4.69, 9.17) is 8.85 Å². The molecule has 38 heavy (non-hydrogen) atoms. The van der Waals surface area contributed by atoms with E-state index in [2.05, 4.69) is 37.3 Å². The number of aromatic nitrogens is 4. The lowest BCUT2D eigenvalue weighted by Gasteiger charge is -2.57. The van der Waals surface area contributed by atoms with Gasteiger partial charge in [-0.3, -0.25) is 0 Å². The number of hydrogen-bond acceptors (Lipinski definition) is 8. The zero-order chi connectivity index (χ0) is 29.2. The minimum atomic E-state index is -2.74. The van der Waals surface area contributed by atoms with Crippen LogP contribution in [0.2, 0.25) is 0 Å². The van der Waals surface area contributed by atoms with Crippen LogP contribution in [0.1, 0.15) is 56.5 Å². The highest BCUT2D eigenvalue weighted by Crippen LogP contribution is 2.46. The summed E-state index contributed by atoms with van der Waals surface area (Å²) < 4.78 is 57.0. The van der Waals surface area contributed by atoms with E-state index < -0.39 is 24.6 Å². The predicted octanol–water partition coefficient (Wildman–Crippen LogP) is 4.82. The summed E-state index contributed by atoms with van der Waals surface area (Å²) in [6.45, 7) is 4.15. The van der Waals surface area contributed by atoms with Crippen molar-refractivity contribution in [3.8, 4) is 34.1 Å². The van der Waals surface area contributed by atoms with E-state index in [0.29, 0.717) is 12.2 Å². The third-order valence-corrected chi connectivity index (χ3v) is 8.21. The van der Waals surface area contributed by atoms with Gasteiger partial charge in [0.2, 0.25) is 5.88 Å². The molecule has 200 valence electrons. The van der Waals surface area contributed by atoms with Gasteiger partial charge in [-0.1, -0.05) is 6.07 Å². The summed E-state index contributed by atoms with van der Waals surface area (Å²) in [5.74, 6) is -0.542. The van der Waals surface area contributed by atoms with E-state index in [1.807, 2.05) is 6.92 Å². The van der Waals surface area contributed by atoms with Crippen molar-refractivity contribution in [3.05, 3.63) is 42.5 Å². The summed E-state index contributed by atoms with van der Waals surface area (Å²) in [5.41, 5.74) is -0.177. The maximum absolute atomic E-state index is 16.0. The van der Waals surface area contributed by atoms with Gasteiger partial charge in [0, 0.05) is 28.7 Å². The summed E-state index contributed by atoms with van der Waals surface area (Å²) in [6.07, 6.45) is 6.72. The second-order valence-electron chi connectivity index (χ2n) is 11.2.